The van der Waals surface area contributed by atoms with Crippen LogP contribution in [0.4, 0.5) is 0 Å². The first-order valence-electron chi connectivity index (χ1n) is 18.7. The number of hydrogen-bond acceptors (Lipinski definition) is 10. The Morgan fingerprint density at radius 1 is 0.446 bits per heavy atom. The Morgan fingerprint density at radius 2 is 0.696 bits per heavy atom. The lowest BCUT2D eigenvalue weighted by Crippen LogP contribution is -2.34. The van der Waals surface area contributed by atoms with Gasteiger partial charge in [-0.1, -0.05) is 24.3 Å². The highest BCUT2D eigenvalue weighted by molar-refractivity contribution is 6.08. The monoisotopic (exact) mass is 760 g/mol. The second-order valence-electron chi connectivity index (χ2n) is 13.0. The fourth-order valence-electron chi connectivity index (χ4n) is 6.72. The molecule has 1 aromatic carbocycles. The molecule has 0 radical (unpaired) electrons. The van der Waals surface area contributed by atoms with Gasteiger partial charge in [0.15, 0.2) is 37.9 Å². The van der Waals surface area contributed by atoms with Gasteiger partial charge in [0.25, 0.3) is 0 Å². The Hall–Kier alpha value is -6.30. The van der Waals surface area contributed by atoms with E-state index in [9.17, 15) is 19.2 Å². The minimum atomic E-state index is -0.547. The Kier molecular flexibility index (Phi) is 13.4. The molecule has 4 heterocycles. The van der Waals surface area contributed by atoms with Crippen LogP contribution in [0.15, 0.2) is 73.3 Å². The number of pyridine rings is 4. The number of carbonyl (C=O) groups is 4. The number of hydrogen-bond donors (Lipinski definition) is 0. The number of benzene rings is 1. The molecule has 0 unspecified atom stereocenters. The van der Waals surface area contributed by atoms with E-state index in [1.54, 1.807) is 55.4 Å². The predicted octanol–water partition coefficient (Wildman–Crippen LogP) is 6.42. The third-order valence-corrected chi connectivity index (χ3v) is 9.15. The number of aryl methyl sites for hydroxylation is 4. The van der Waals surface area contributed by atoms with E-state index in [0.717, 1.165) is 11.1 Å². The number of ether oxygens (including phenoxy) is 4. The average molecular weight is 761 g/mol. The highest BCUT2D eigenvalue weighted by Crippen LogP contribution is 2.33. The van der Waals surface area contributed by atoms with Gasteiger partial charge in [-0.05, 0) is 66.5 Å². The Labute approximate surface area is 327 Å². The summed E-state index contributed by atoms with van der Waals surface area (Å²) in [6.45, 7) is 15.8. The van der Waals surface area contributed by atoms with Gasteiger partial charge in [-0.2, -0.15) is 0 Å². The van der Waals surface area contributed by atoms with Crippen molar-refractivity contribution in [3.8, 4) is 22.3 Å². The van der Waals surface area contributed by atoms with Crippen molar-refractivity contribution in [1.82, 2.24) is 9.97 Å². The highest BCUT2D eigenvalue weighted by atomic mass is 16.5. The van der Waals surface area contributed by atoms with Crippen LogP contribution in [0.1, 0.15) is 103 Å². The van der Waals surface area contributed by atoms with Crippen LogP contribution in [0.5, 0.6) is 0 Å². The molecule has 5 rings (SSSR count). The van der Waals surface area contributed by atoms with Crippen LogP contribution in [0, 0.1) is 27.7 Å². The maximum atomic E-state index is 13.1. The van der Waals surface area contributed by atoms with Crippen LogP contribution < -0.4 is 9.13 Å². The van der Waals surface area contributed by atoms with Crippen LogP contribution in [0.2, 0.25) is 0 Å². The highest BCUT2D eigenvalue weighted by Gasteiger charge is 2.30. The van der Waals surface area contributed by atoms with Crippen molar-refractivity contribution in [2.45, 2.75) is 68.5 Å². The molecule has 290 valence electrons. The topological polar surface area (TPSA) is 139 Å². The smallest absolute Gasteiger partial charge is 0.340 e. The summed E-state index contributed by atoms with van der Waals surface area (Å²) in [7, 11) is 0. The zero-order valence-corrected chi connectivity index (χ0v) is 33.2. The van der Waals surface area contributed by atoms with E-state index in [0.29, 0.717) is 58.1 Å². The Morgan fingerprint density at radius 3 is 0.929 bits per heavy atom. The third kappa shape index (κ3) is 8.97. The third-order valence-electron chi connectivity index (χ3n) is 9.15. The zero-order valence-electron chi connectivity index (χ0n) is 33.2. The number of nitrogens with zero attached hydrogens (tertiary/aromatic N) is 4. The summed E-state index contributed by atoms with van der Waals surface area (Å²) in [6.07, 6.45) is 7.62. The summed E-state index contributed by atoms with van der Waals surface area (Å²) in [5.41, 5.74) is 7.23. The standard InChI is InChI=1S/C44H48N4O8/c1-9-53-41(49)35-27(5)45-28(6)36(42(50)54-10-2)39(35)33-17-21-47(22-18-33)25-31-13-15-32(16-14-31)26-48-23-19-34(20-24-48)40-37(43(51)55-11-3)29(7)46-30(8)38(40)44(52)56-12-4/h13-24H,9-12,25-26H2,1-8H3/q+2. The van der Waals surface area contributed by atoms with Crippen molar-refractivity contribution in [3.63, 3.8) is 0 Å². The Bertz CT molecular complexity index is 2010. The lowest BCUT2D eigenvalue weighted by Gasteiger charge is -2.17. The molecule has 0 atom stereocenters. The molecule has 0 bridgehead atoms. The second-order valence-corrected chi connectivity index (χ2v) is 13.0. The van der Waals surface area contributed by atoms with E-state index >= 15 is 0 Å². The van der Waals surface area contributed by atoms with Gasteiger partial charge >= 0.3 is 23.9 Å². The van der Waals surface area contributed by atoms with Gasteiger partial charge in [0.2, 0.25) is 0 Å². The summed E-state index contributed by atoms with van der Waals surface area (Å²) < 4.78 is 25.4. The van der Waals surface area contributed by atoms with E-state index in [1.807, 2.05) is 58.2 Å². The molecule has 0 aliphatic carbocycles. The van der Waals surface area contributed by atoms with E-state index < -0.39 is 23.9 Å². The fourth-order valence-corrected chi connectivity index (χ4v) is 6.72. The first-order chi connectivity index (χ1) is 26.9. The van der Waals surface area contributed by atoms with Gasteiger partial charge in [-0.15, -0.1) is 0 Å². The van der Waals surface area contributed by atoms with Crippen LogP contribution in [-0.2, 0) is 32.0 Å². The average Bonchev–Trinajstić information content (AvgIpc) is 3.16. The molecule has 5 aromatic rings. The molecule has 0 saturated carbocycles. The molecule has 0 fully saturated rings. The quantitative estimate of drug-likeness (QED) is 0.0708. The number of aromatic nitrogens is 4. The molecule has 0 amide bonds. The van der Waals surface area contributed by atoms with Gasteiger partial charge in [0.05, 0.1) is 71.5 Å². The number of esters is 4. The first-order valence-corrected chi connectivity index (χ1v) is 18.7. The lowest BCUT2D eigenvalue weighted by atomic mass is 9.93. The molecular formula is C44H48N4O8+2. The predicted molar refractivity (Wildman–Crippen MR) is 207 cm³/mol. The minimum Gasteiger partial charge on any atom is -0.462 e. The van der Waals surface area contributed by atoms with Gasteiger partial charge in [-0.25, -0.2) is 28.3 Å². The molecule has 0 aliphatic heterocycles. The van der Waals surface area contributed by atoms with Crippen molar-refractivity contribution in [3.05, 3.63) is 129 Å². The molecule has 56 heavy (non-hydrogen) atoms. The van der Waals surface area contributed by atoms with Crippen molar-refractivity contribution < 1.29 is 47.3 Å². The molecule has 0 aliphatic rings. The summed E-state index contributed by atoms with van der Waals surface area (Å²) in [5.74, 6) is -2.19. The van der Waals surface area contributed by atoms with Crippen molar-refractivity contribution in [1.29, 1.82) is 0 Å². The van der Waals surface area contributed by atoms with Crippen LogP contribution in [-0.4, -0.2) is 60.3 Å². The molecule has 0 N–H and O–H groups in total. The summed E-state index contributed by atoms with van der Waals surface area (Å²) in [4.78, 5) is 61.4. The van der Waals surface area contributed by atoms with Crippen LogP contribution >= 0.6 is 0 Å². The maximum Gasteiger partial charge on any atom is 0.340 e. The minimum absolute atomic E-state index is 0.184. The van der Waals surface area contributed by atoms with Crippen molar-refractivity contribution >= 4 is 23.9 Å². The van der Waals surface area contributed by atoms with Gasteiger partial charge < -0.3 is 18.9 Å². The fraction of sp³-hybridized carbons (Fsp3) is 0.318. The van der Waals surface area contributed by atoms with Gasteiger partial charge in [0.1, 0.15) is 0 Å². The summed E-state index contributed by atoms with van der Waals surface area (Å²) >= 11 is 0. The van der Waals surface area contributed by atoms with Gasteiger partial charge in [-0.3, -0.25) is 9.97 Å². The normalized spacial score (nSPS) is 10.9. The van der Waals surface area contributed by atoms with E-state index in [4.69, 9.17) is 18.9 Å². The van der Waals surface area contributed by atoms with Crippen molar-refractivity contribution in [2.24, 2.45) is 0 Å². The molecule has 12 nitrogen and oxygen atoms in total. The van der Waals surface area contributed by atoms with Crippen molar-refractivity contribution in [2.75, 3.05) is 26.4 Å². The largest absolute Gasteiger partial charge is 0.462 e. The number of carbonyl (C=O) groups excluding carboxylic acids is 4. The van der Waals surface area contributed by atoms with Crippen LogP contribution in [0.3, 0.4) is 0 Å². The number of rotatable bonds is 14. The summed E-state index contributed by atoms with van der Waals surface area (Å²) in [6, 6.07) is 15.7. The van der Waals surface area contributed by atoms with Crippen LogP contribution in [0.25, 0.3) is 22.3 Å². The molecule has 4 aromatic heterocycles. The SMILES string of the molecule is CCOC(=O)c1c(C)nc(C)c(C(=O)OCC)c1-c1cc[n+](Cc2ccc(C[n+]3ccc(-c4c(C(=O)OCC)c(C)nc(C)c4C(=O)OCC)cc3)cc2)cc1. The maximum absolute atomic E-state index is 13.1. The summed E-state index contributed by atoms with van der Waals surface area (Å²) in [5, 5.41) is 0. The zero-order chi connectivity index (χ0) is 40.5. The van der Waals surface area contributed by atoms with E-state index in [1.165, 1.54) is 0 Å². The molecule has 0 spiro atoms. The van der Waals surface area contributed by atoms with Gasteiger partial charge in [0, 0.05) is 46.5 Å². The second kappa shape index (κ2) is 18.4. The first kappa shape index (κ1) is 40.9. The lowest BCUT2D eigenvalue weighted by molar-refractivity contribution is -0.688. The molecule has 0 saturated heterocycles. The van der Waals surface area contributed by atoms with E-state index in [-0.39, 0.29) is 48.7 Å². The Balaban J connectivity index is 1.37. The molecular weight excluding hydrogens is 713 g/mol. The van der Waals surface area contributed by atoms with E-state index in [2.05, 4.69) is 34.2 Å². The molecule has 12 heteroatoms.